The van der Waals surface area contributed by atoms with E-state index in [1.54, 1.807) is 12.1 Å². The quantitative estimate of drug-likeness (QED) is 0.644. The Kier molecular flexibility index (Phi) is 7.35. The molecule has 3 atom stereocenters. The molecule has 0 radical (unpaired) electrons. The van der Waals surface area contributed by atoms with Crippen molar-refractivity contribution >= 4 is 23.4 Å². The zero-order valence-corrected chi connectivity index (χ0v) is 19.9. The highest BCUT2D eigenvalue weighted by molar-refractivity contribution is 6.30. The number of benzene rings is 2. The van der Waals surface area contributed by atoms with Crippen LogP contribution in [-0.4, -0.2) is 46.8 Å². The van der Waals surface area contributed by atoms with E-state index >= 15 is 0 Å². The van der Waals surface area contributed by atoms with Crippen molar-refractivity contribution in [3.63, 3.8) is 0 Å². The van der Waals surface area contributed by atoms with Crippen molar-refractivity contribution in [3.8, 4) is 0 Å². The van der Waals surface area contributed by atoms with E-state index in [4.69, 9.17) is 11.6 Å². The first-order valence-corrected chi connectivity index (χ1v) is 12.0. The van der Waals surface area contributed by atoms with Gasteiger partial charge in [-0.05, 0) is 62.1 Å². The van der Waals surface area contributed by atoms with Gasteiger partial charge in [0.1, 0.15) is 5.82 Å². The monoisotopic (exact) mass is 471 g/mol. The van der Waals surface area contributed by atoms with Crippen LogP contribution in [0, 0.1) is 11.7 Å². The van der Waals surface area contributed by atoms with E-state index in [0.29, 0.717) is 11.6 Å². The van der Waals surface area contributed by atoms with E-state index in [-0.39, 0.29) is 48.1 Å². The van der Waals surface area contributed by atoms with Crippen molar-refractivity contribution in [1.82, 2.24) is 15.1 Å². The molecule has 1 aliphatic carbocycles. The Hall–Kier alpha value is -2.44. The molecule has 176 valence electrons. The molecule has 5 nitrogen and oxygen atoms in total. The van der Waals surface area contributed by atoms with E-state index in [1.807, 2.05) is 29.2 Å². The lowest BCUT2D eigenvalue weighted by Gasteiger charge is -2.44. The molecule has 1 N–H and O–H groups in total. The molecule has 1 heterocycles. The predicted molar refractivity (Wildman–Crippen MR) is 127 cm³/mol. The van der Waals surface area contributed by atoms with Crippen molar-refractivity contribution in [2.75, 3.05) is 13.1 Å². The molecule has 4 rings (SSSR count). The molecule has 2 aromatic carbocycles. The molecule has 7 heteroatoms. The zero-order chi connectivity index (χ0) is 23.5. The number of hydrogen-bond donors (Lipinski definition) is 1. The second-order valence-corrected chi connectivity index (χ2v) is 9.83. The third-order valence-electron chi connectivity index (χ3n) is 6.65. The maximum atomic E-state index is 13.4. The van der Waals surface area contributed by atoms with Gasteiger partial charge in [0.25, 0.3) is 0 Å². The van der Waals surface area contributed by atoms with Gasteiger partial charge in [0.05, 0.1) is 12.5 Å². The Labute approximate surface area is 199 Å². The Bertz CT molecular complexity index is 978. The van der Waals surface area contributed by atoms with Crippen LogP contribution >= 0.6 is 11.6 Å². The first kappa shape index (κ1) is 23.7. The fourth-order valence-corrected chi connectivity index (χ4v) is 4.59. The SMILES string of the molecule is C[C@@H]1CN(C(=O)CC(NC(=O)C2CC2)c2ccc(Cl)cc2)[C@@H](C)CN1Cc1ccc(F)cc1. The van der Waals surface area contributed by atoms with E-state index in [0.717, 1.165) is 37.1 Å². The molecule has 0 spiro atoms. The van der Waals surface area contributed by atoms with Gasteiger partial charge < -0.3 is 10.2 Å². The summed E-state index contributed by atoms with van der Waals surface area (Å²) < 4.78 is 13.2. The van der Waals surface area contributed by atoms with E-state index < -0.39 is 0 Å². The Balaban J connectivity index is 1.41. The summed E-state index contributed by atoms with van der Waals surface area (Å²) in [6, 6.07) is 13.7. The number of carbonyl (C=O) groups excluding carboxylic acids is 2. The highest BCUT2D eigenvalue weighted by atomic mass is 35.5. The number of nitrogens with one attached hydrogen (secondary N) is 1. The third kappa shape index (κ3) is 6.12. The van der Waals surface area contributed by atoms with Crippen molar-refractivity contribution in [2.45, 2.75) is 57.8 Å². The summed E-state index contributed by atoms with van der Waals surface area (Å²) in [7, 11) is 0. The smallest absolute Gasteiger partial charge is 0.225 e. The molecule has 2 aromatic rings. The van der Waals surface area contributed by atoms with Crippen LogP contribution in [0.15, 0.2) is 48.5 Å². The third-order valence-corrected chi connectivity index (χ3v) is 6.90. The zero-order valence-electron chi connectivity index (χ0n) is 19.1. The van der Waals surface area contributed by atoms with Gasteiger partial charge in [-0.15, -0.1) is 0 Å². The van der Waals surface area contributed by atoms with E-state index in [2.05, 4.69) is 24.1 Å². The topological polar surface area (TPSA) is 52.7 Å². The first-order chi connectivity index (χ1) is 15.8. The molecule has 1 saturated heterocycles. The Morgan fingerprint density at radius 3 is 2.33 bits per heavy atom. The molecule has 2 aliphatic rings. The highest BCUT2D eigenvalue weighted by Gasteiger charge is 2.35. The summed E-state index contributed by atoms with van der Waals surface area (Å²) in [5.74, 6) is -0.108. The normalized spacial score (nSPS) is 22.1. The van der Waals surface area contributed by atoms with Crippen LogP contribution in [0.25, 0.3) is 0 Å². The van der Waals surface area contributed by atoms with Crippen LogP contribution in [0.4, 0.5) is 4.39 Å². The Morgan fingerprint density at radius 2 is 1.70 bits per heavy atom. The van der Waals surface area contributed by atoms with Gasteiger partial charge in [0.2, 0.25) is 11.8 Å². The van der Waals surface area contributed by atoms with Gasteiger partial charge in [0, 0.05) is 42.7 Å². The lowest BCUT2D eigenvalue weighted by molar-refractivity contribution is -0.138. The van der Waals surface area contributed by atoms with Gasteiger partial charge in [-0.25, -0.2) is 4.39 Å². The molecule has 1 unspecified atom stereocenters. The van der Waals surface area contributed by atoms with Crippen LogP contribution in [-0.2, 0) is 16.1 Å². The van der Waals surface area contributed by atoms with Crippen LogP contribution < -0.4 is 5.32 Å². The van der Waals surface area contributed by atoms with Crippen molar-refractivity contribution in [2.24, 2.45) is 5.92 Å². The summed E-state index contributed by atoms with van der Waals surface area (Å²) >= 11 is 6.04. The molecular weight excluding hydrogens is 441 g/mol. The summed E-state index contributed by atoms with van der Waals surface area (Å²) in [4.78, 5) is 30.1. The number of piperazine rings is 1. The minimum atomic E-state index is -0.373. The fraction of sp³-hybridized carbons (Fsp3) is 0.462. The van der Waals surface area contributed by atoms with Crippen LogP contribution in [0.2, 0.25) is 5.02 Å². The summed E-state index contributed by atoms with van der Waals surface area (Å²) in [6.45, 7) is 6.25. The summed E-state index contributed by atoms with van der Waals surface area (Å²) in [5.41, 5.74) is 1.94. The summed E-state index contributed by atoms with van der Waals surface area (Å²) in [6.07, 6.45) is 2.05. The fourth-order valence-electron chi connectivity index (χ4n) is 4.46. The van der Waals surface area contributed by atoms with Gasteiger partial charge in [-0.3, -0.25) is 14.5 Å². The molecule has 1 aliphatic heterocycles. The van der Waals surface area contributed by atoms with Crippen molar-refractivity contribution in [1.29, 1.82) is 0 Å². The van der Waals surface area contributed by atoms with Gasteiger partial charge in [0.15, 0.2) is 0 Å². The van der Waals surface area contributed by atoms with E-state index in [9.17, 15) is 14.0 Å². The lowest BCUT2D eigenvalue weighted by Crippen LogP contribution is -2.58. The second-order valence-electron chi connectivity index (χ2n) is 9.39. The maximum absolute atomic E-state index is 13.4. The maximum Gasteiger partial charge on any atom is 0.225 e. The van der Waals surface area contributed by atoms with Crippen molar-refractivity contribution < 1.29 is 14.0 Å². The van der Waals surface area contributed by atoms with Crippen LogP contribution in [0.5, 0.6) is 0 Å². The van der Waals surface area contributed by atoms with E-state index in [1.165, 1.54) is 12.1 Å². The number of hydrogen-bond acceptors (Lipinski definition) is 3. The molecule has 2 amide bonds. The van der Waals surface area contributed by atoms with Gasteiger partial charge >= 0.3 is 0 Å². The second kappa shape index (κ2) is 10.2. The average molecular weight is 472 g/mol. The molecule has 0 aromatic heterocycles. The largest absolute Gasteiger partial charge is 0.349 e. The number of rotatable bonds is 7. The predicted octanol–water partition coefficient (Wildman–Crippen LogP) is 4.56. The van der Waals surface area contributed by atoms with Crippen molar-refractivity contribution in [3.05, 3.63) is 70.5 Å². The number of carbonyl (C=O) groups is 2. The van der Waals surface area contributed by atoms with Gasteiger partial charge in [-0.1, -0.05) is 35.9 Å². The van der Waals surface area contributed by atoms with Crippen LogP contribution in [0.3, 0.4) is 0 Å². The highest BCUT2D eigenvalue weighted by Crippen LogP contribution is 2.31. The lowest BCUT2D eigenvalue weighted by atomic mass is 10.0. The van der Waals surface area contributed by atoms with Crippen LogP contribution in [0.1, 0.15) is 50.3 Å². The van der Waals surface area contributed by atoms with Gasteiger partial charge in [-0.2, -0.15) is 0 Å². The average Bonchev–Trinajstić information content (AvgIpc) is 3.63. The first-order valence-electron chi connectivity index (χ1n) is 11.6. The molecule has 33 heavy (non-hydrogen) atoms. The molecule has 2 fully saturated rings. The Morgan fingerprint density at radius 1 is 1.03 bits per heavy atom. The number of nitrogens with zero attached hydrogens (tertiary/aromatic N) is 2. The number of halogens is 2. The molecular formula is C26H31ClFN3O2. The minimum Gasteiger partial charge on any atom is -0.349 e. The molecule has 1 saturated carbocycles. The summed E-state index contributed by atoms with van der Waals surface area (Å²) in [5, 5.41) is 3.71. The molecule has 0 bridgehead atoms. The minimum absolute atomic E-state index is 0.0216. The standard InChI is InChI=1S/C26H31ClFN3O2/c1-17-15-31(18(2)14-30(17)16-19-3-11-23(28)12-4-19)25(32)13-24(29-26(33)21-5-6-21)20-7-9-22(27)10-8-20/h3-4,7-12,17-18,21,24H,5-6,13-16H2,1-2H3,(H,29,33)/t17-,18+,24?/m1/s1. The number of amides is 2.